The number of pyridine rings is 1. The Morgan fingerprint density at radius 2 is 1.95 bits per heavy atom. The van der Waals surface area contributed by atoms with Gasteiger partial charge in [-0.05, 0) is 37.1 Å². The number of nitrogens with zero attached hydrogens (tertiary/aromatic N) is 1. The molecule has 0 radical (unpaired) electrons. The lowest BCUT2D eigenvalue weighted by Crippen LogP contribution is -2.24. The van der Waals surface area contributed by atoms with E-state index in [1.165, 1.54) is 31.0 Å². The first-order valence-corrected chi connectivity index (χ1v) is 6.90. The highest BCUT2D eigenvalue weighted by Gasteiger charge is 2.10. The number of carbonyl (C=O) groups is 2. The van der Waals surface area contributed by atoms with Crippen LogP contribution in [0.5, 0.6) is 0 Å². The number of aromatic nitrogens is 1. The number of carbonyl (C=O) groups excluding carboxylic acids is 2. The molecule has 0 atom stereocenters. The van der Waals surface area contributed by atoms with Gasteiger partial charge in [0.15, 0.2) is 0 Å². The van der Waals surface area contributed by atoms with Crippen LogP contribution in [0, 0.1) is 13.8 Å². The highest BCUT2D eigenvalue weighted by atomic mass is 16.5. The van der Waals surface area contributed by atoms with Crippen molar-refractivity contribution in [1.82, 2.24) is 10.3 Å². The fraction of sp³-hybridized carbons (Fsp3) is 0.235. The zero-order valence-corrected chi connectivity index (χ0v) is 12.8. The Labute approximate surface area is 129 Å². The second kappa shape index (κ2) is 6.85. The Balaban J connectivity index is 2.01. The second-order valence-electron chi connectivity index (χ2n) is 5.04. The van der Waals surface area contributed by atoms with Crippen molar-refractivity contribution >= 4 is 11.9 Å². The predicted molar refractivity (Wildman–Crippen MR) is 82.7 cm³/mol. The lowest BCUT2D eigenvalue weighted by atomic mass is 10.1. The smallest absolute Gasteiger partial charge is 0.339 e. The molecule has 0 aliphatic carbocycles. The molecule has 0 bridgehead atoms. The Morgan fingerprint density at radius 3 is 2.55 bits per heavy atom. The van der Waals surface area contributed by atoms with Gasteiger partial charge in [-0.15, -0.1) is 0 Å². The molecule has 1 heterocycles. The molecule has 2 rings (SSSR count). The van der Waals surface area contributed by atoms with Crippen LogP contribution in [0.1, 0.15) is 37.5 Å². The van der Waals surface area contributed by atoms with Gasteiger partial charge in [-0.1, -0.05) is 23.8 Å². The van der Waals surface area contributed by atoms with Gasteiger partial charge >= 0.3 is 5.97 Å². The number of rotatable bonds is 4. The van der Waals surface area contributed by atoms with Gasteiger partial charge in [-0.3, -0.25) is 9.78 Å². The number of amides is 1. The average molecular weight is 298 g/mol. The van der Waals surface area contributed by atoms with Crippen LogP contribution in [-0.2, 0) is 11.3 Å². The van der Waals surface area contributed by atoms with E-state index >= 15 is 0 Å². The molecule has 2 aromatic rings. The predicted octanol–water partition coefficient (Wildman–Crippen LogP) is 2.42. The third kappa shape index (κ3) is 3.69. The molecule has 0 fully saturated rings. The molecule has 0 aliphatic heterocycles. The molecule has 1 aromatic carbocycles. The van der Waals surface area contributed by atoms with Crippen molar-refractivity contribution in [3.8, 4) is 0 Å². The second-order valence-corrected chi connectivity index (χ2v) is 5.04. The Morgan fingerprint density at radius 1 is 1.18 bits per heavy atom. The van der Waals surface area contributed by atoms with Crippen LogP contribution < -0.4 is 5.32 Å². The number of esters is 1. The van der Waals surface area contributed by atoms with E-state index in [-0.39, 0.29) is 11.6 Å². The van der Waals surface area contributed by atoms with Gasteiger partial charge in [0.2, 0.25) is 0 Å². The van der Waals surface area contributed by atoms with Crippen LogP contribution in [0.15, 0.2) is 36.5 Å². The first-order valence-electron chi connectivity index (χ1n) is 6.90. The van der Waals surface area contributed by atoms with Crippen molar-refractivity contribution in [3.63, 3.8) is 0 Å². The number of benzene rings is 1. The third-order valence-electron chi connectivity index (χ3n) is 3.35. The summed E-state index contributed by atoms with van der Waals surface area (Å²) < 4.78 is 4.59. The van der Waals surface area contributed by atoms with Crippen LogP contribution in [0.3, 0.4) is 0 Å². The lowest BCUT2D eigenvalue weighted by Gasteiger charge is -2.08. The maximum Gasteiger partial charge on any atom is 0.339 e. The molecule has 0 unspecified atom stereocenters. The lowest BCUT2D eigenvalue weighted by molar-refractivity contribution is 0.0599. The first-order chi connectivity index (χ1) is 10.5. The van der Waals surface area contributed by atoms with Gasteiger partial charge in [-0.2, -0.15) is 0 Å². The highest BCUT2D eigenvalue weighted by molar-refractivity contribution is 5.94. The maximum absolute atomic E-state index is 12.1. The number of methoxy groups -OCH3 is 1. The Kier molecular flexibility index (Phi) is 4.88. The minimum Gasteiger partial charge on any atom is -0.465 e. The van der Waals surface area contributed by atoms with E-state index in [0.717, 1.165) is 11.1 Å². The van der Waals surface area contributed by atoms with E-state index in [9.17, 15) is 9.59 Å². The molecule has 5 nitrogen and oxygen atoms in total. The van der Waals surface area contributed by atoms with E-state index in [1.54, 1.807) is 0 Å². The monoisotopic (exact) mass is 298 g/mol. The molecular weight excluding hydrogens is 280 g/mol. The van der Waals surface area contributed by atoms with Gasteiger partial charge < -0.3 is 10.1 Å². The van der Waals surface area contributed by atoms with E-state index in [0.29, 0.717) is 12.1 Å². The largest absolute Gasteiger partial charge is 0.465 e. The maximum atomic E-state index is 12.1. The fourth-order valence-corrected chi connectivity index (χ4v) is 2.08. The zero-order valence-electron chi connectivity index (χ0n) is 12.8. The molecule has 0 saturated carbocycles. The van der Waals surface area contributed by atoms with E-state index in [1.807, 2.05) is 26.0 Å². The quantitative estimate of drug-likeness (QED) is 0.880. The SMILES string of the molecule is COC(=O)c1ccc(C(=O)NCc2ccc(C)cc2C)nc1. The number of nitrogens with one attached hydrogen (secondary N) is 1. The number of hydrogen-bond donors (Lipinski definition) is 1. The highest BCUT2D eigenvalue weighted by Crippen LogP contribution is 2.10. The molecule has 1 N–H and O–H groups in total. The molecule has 0 spiro atoms. The fourth-order valence-electron chi connectivity index (χ4n) is 2.08. The van der Waals surface area contributed by atoms with Gasteiger partial charge in [0.25, 0.3) is 5.91 Å². The van der Waals surface area contributed by atoms with E-state index in [2.05, 4.69) is 21.1 Å². The van der Waals surface area contributed by atoms with Gasteiger partial charge in [0.1, 0.15) is 5.69 Å². The summed E-state index contributed by atoms with van der Waals surface area (Å²) in [5, 5.41) is 2.82. The summed E-state index contributed by atoms with van der Waals surface area (Å²) in [6, 6.07) is 9.11. The molecule has 1 amide bonds. The summed E-state index contributed by atoms with van der Waals surface area (Å²) in [7, 11) is 1.30. The zero-order chi connectivity index (χ0) is 16.1. The standard InChI is InChI=1S/C17H18N2O3/c1-11-4-5-13(12(2)8-11)9-19-16(20)15-7-6-14(10-18-15)17(21)22-3/h4-8,10H,9H2,1-3H3,(H,19,20). The molecule has 22 heavy (non-hydrogen) atoms. The van der Waals surface area contributed by atoms with Crippen molar-refractivity contribution in [2.75, 3.05) is 7.11 Å². The van der Waals surface area contributed by atoms with Crippen molar-refractivity contribution < 1.29 is 14.3 Å². The van der Waals surface area contributed by atoms with Crippen LogP contribution in [0.4, 0.5) is 0 Å². The van der Waals surface area contributed by atoms with E-state index in [4.69, 9.17) is 0 Å². The Bertz CT molecular complexity index is 694. The minimum absolute atomic E-state index is 0.261. The normalized spacial score (nSPS) is 10.1. The summed E-state index contributed by atoms with van der Waals surface area (Å²) in [4.78, 5) is 27.3. The summed E-state index contributed by atoms with van der Waals surface area (Å²) in [6.45, 7) is 4.48. The molecular formula is C17H18N2O3. The number of aryl methyl sites for hydroxylation is 2. The number of hydrogen-bond acceptors (Lipinski definition) is 4. The van der Waals surface area contributed by atoms with Crippen LogP contribution in [-0.4, -0.2) is 24.0 Å². The minimum atomic E-state index is -0.477. The molecule has 0 aliphatic rings. The topological polar surface area (TPSA) is 68.3 Å². The molecule has 1 aromatic heterocycles. The summed E-state index contributed by atoms with van der Waals surface area (Å²) in [5.74, 6) is -0.758. The van der Waals surface area contributed by atoms with Crippen LogP contribution in [0.25, 0.3) is 0 Å². The first kappa shape index (κ1) is 15.7. The van der Waals surface area contributed by atoms with Gasteiger partial charge in [0.05, 0.1) is 12.7 Å². The summed E-state index contributed by atoms with van der Waals surface area (Å²) in [6.07, 6.45) is 1.33. The molecule has 0 saturated heterocycles. The van der Waals surface area contributed by atoms with E-state index < -0.39 is 5.97 Å². The molecule has 114 valence electrons. The van der Waals surface area contributed by atoms with Gasteiger partial charge in [-0.25, -0.2) is 4.79 Å². The van der Waals surface area contributed by atoms with Crippen molar-refractivity contribution in [2.24, 2.45) is 0 Å². The summed E-state index contributed by atoms with van der Waals surface area (Å²) in [5.41, 5.74) is 3.96. The van der Waals surface area contributed by atoms with Gasteiger partial charge in [0, 0.05) is 12.7 Å². The Hall–Kier alpha value is -2.69. The van der Waals surface area contributed by atoms with Crippen LogP contribution in [0.2, 0.25) is 0 Å². The van der Waals surface area contributed by atoms with Crippen molar-refractivity contribution in [2.45, 2.75) is 20.4 Å². The summed E-state index contributed by atoms with van der Waals surface area (Å²) >= 11 is 0. The number of ether oxygens (including phenoxy) is 1. The third-order valence-corrected chi connectivity index (χ3v) is 3.35. The average Bonchev–Trinajstić information content (AvgIpc) is 2.53. The van der Waals surface area contributed by atoms with Crippen molar-refractivity contribution in [1.29, 1.82) is 0 Å². The van der Waals surface area contributed by atoms with Crippen molar-refractivity contribution in [3.05, 3.63) is 64.5 Å². The van der Waals surface area contributed by atoms with Crippen LogP contribution >= 0.6 is 0 Å². The molecule has 5 heteroatoms.